The van der Waals surface area contributed by atoms with E-state index in [1.807, 2.05) is 4.90 Å². The van der Waals surface area contributed by atoms with E-state index in [-0.39, 0.29) is 23.9 Å². The first-order chi connectivity index (χ1) is 13.5. The SMILES string of the molecule is CC1CCN(C(CNC(=O)C2CCN(C(=O)N(C)C)CC2)c2cccs2)CC1. The van der Waals surface area contributed by atoms with E-state index in [0.717, 1.165) is 31.8 Å². The van der Waals surface area contributed by atoms with Crippen LogP contribution in [0.25, 0.3) is 0 Å². The molecule has 0 saturated carbocycles. The minimum Gasteiger partial charge on any atom is -0.354 e. The van der Waals surface area contributed by atoms with Crippen LogP contribution in [-0.2, 0) is 4.79 Å². The Morgan fingerprint density at radius 1 is 1.18 bits per heavy atom. The molecule has 0 radical (unpaired) electrons. The van der Waals surface area contributed by atoms with Gasteiger partial charge in [0.1, 0.15) is 0 Å². The molecule has 7 heteroatoms. The molecule has 2 saturated heterocycles. The van der Waals surface area contributed by atoms with Gasteiger partial charge in [-0.1, -0.05) is 13.0 Å². The summed E-state index contributed by atoms with van der Waals surface area (Å²) in [5, 5.41) is 5.35. The number of nitrogens with zero attached hydrogens (tertiary/aromatic N) is 3. The number of likely N-dealkylation sites (tertiary alicyclic amines) is 2. The van der Waals surface area contributed by atoms with E-state index in [9.17, 15) is 9.59 Å². The molecule has 6 nitrogen and oxygen atoms in total. The Labute approximate surface area is 172 Å². The third-order valence-corrected chi connectivity index (χ3v) is 7.09. The molecule has 2 aliphatic heterocycles. The van der Waals surface area contributed by atoms with E-state index in [1.54, 1.807) is 30.3 Å². The van der Waals surface area contributed by atoms with E-state index >= 15 is 0 Å². The van der Waals surface area contributed by atoms with Crippen LogP contribution in [-0.4, -0.2) is 73.5 Å². The van der Waals surface area contributed by atoms with Crippen LogP contribution in [0.1, 0.15) is 43.5 Å². The maximum absolute atomic E-state index is 12.8. The molecule has 1 unspecified atom stereocenters. The molecule has 1 aromatic heterocycles. The number of carbonyl (C=O) groups is 2. The zero-order chi connectivity index (χ0) is 20.1. The van der Waals surface area contributed by atoms with Crippen molar-refractivity contribution in [3.63, 3.8) is 0 Å². The van der Waals surface area contributed by atoms with Crippen molar-refractivity contribution < 1.29 is 9.59 Å². The predicted octanol–water partition coefficient (Wildman–Crippen LogP) is 3.03. The molecule has 156 valence electrons. The molecular formula is C21H34N4O2S. The summed E-state index contributed by atoms with van der Waals surface area (Å²) >= 11 is 1.78. The molecule has 1 N–H and O–H groups in total. The van der Waals surface area contributed by atoms with Gasteiger partial charge in [0.2, 0.25) is 5.91 Å². The normalized spacial score (nSPS) is 20.8. The highest BCUT2D eigenvalue weighted by Crippen LogP contribution is 2.29. The van der Waals surface area contributed by atoms with Gasteiger partial charge in [0.05, 0.1) is 6.04 Å². The first-order valence-corrected chi connectivity index (χ1v) is 11.3. The highest BCUT2D eigenvalue weighted by molar-refractivity contribution is 7.10. The van der Waals surface area contributed by atoms with E-state index < -0.39 is 0 Å². The summed E-state index contributed by atoms with van der Waals surface area (Å²) in [6, 6.07) is 4.59. The fourth-order valence-electron chi connectivity index (χ4n) is 4.19. The lowest BCUT2D eigenvalue weighted by molar-refractivity contribution is -0.126. The third kappa shape index (κ3) is 5.26. The Morgan fingerprint density at radius 3 is 2.43 bits per heavy atom. The Bertz CT molecular complexity index is 633. The fourth-order valence-corrected chi connectivity index (χ4v) is 5.05. The number of amides is 3. The van der Waals surface area contributed by atoms with Crippen molar-refractivity contribution in [3.8, 4) is 0 Å². The second kappa shape index (κ2) is 9.74. The second-order valence-electron chi connectivity index (χ2n) is 8.43. The van der Waals surface area contributed by atoms with Crippen molar-refractivity contribution in [3.05, 3.63) is 22.4 Å². The van der Waals surface area contributed by atoms with Gasteiger partial charge in [-0.25, -0.2) is 4.79 Å². The third-order valence-electron chi connectivity index (χ3n) is 6.12. The van der Waals surface area contributed by atoms with E-state index in [0.29, 0.717) is 19.6 Å². The Hall–Kier alpha value is -1.60. The van der Waals surface area contributed by atoms with Gasteiger partial charge in [0.15, 0.2) is 0 Å². The molecule has 1 aromatic rings. The van der Waals surface area contributed by atoms with Gasteiger partial charge in [-0.3, -0.25) is 9.69 Å². The first-order valence-electron chi connectivity index (χ1n) is 10.5. The first kappa shape index (κ1) is 21.1. The second-order valence-corrected chi connectivity index (χ2v) is 9.41. The highest BCUT2D eigenvalue weighted by Gasteiger charge is 2.30. The summed E-state index contributed by atoms with van der Waals surface area (Å²) in [7, 11) is 3.54. The highest BCUT2D eigenvalue weighted by atomic mass is 32.1. The quantitative estimate of drug-likeness (QED) is 0.818. The molecule has 0 aliphatic carbocycles. The van der Waals surface area contributed by atoms with Crippen LogP contribution < -0.4 is 5.32 Å². The summed E-state index contributed by atoms with van der Waals surface area (Å²) in [6.45, 7) is 6.52. The number of hydrogen-bond donors (Lipinski definition) is 1. The summed E-state index contributed by atoms with van der Waals surface area (Å²) in [5.41, 5.74) is 0. The maximum atomic E-state index is 12.8. The monoisotopic (exact) mass is 406 g/mol. The van der Waals surface area contributed by atoms with Gasteiger partial charge in [-0.2, -0.15) is 0 Å². The van der Waals surface area contributed by atoms with Crippen molar-refractivity contribution in [2.24, 2.45) is 11.8 Å². The number of carbonyl (C=O) groups excluding carboxylic acids is 2. The van der Waals surface area contributed by atoms with Crippen LogP contribution in [0.15, 0.2) is 17.5 Å². The Kier molecular flexibility index (Phi) is 7.35. The molecule has 0 spiro atoms. The average molecular weight is 407 g/mol. The van der Waals surface area contributed by atoms with Gasteiger partial charge >= 0.3 is 6.03 Å². The zero-order valence-electron chi connectivity index (χ0n) is 17.4. The van der Waals surface area contributed by atoms with Crippen molar-refractivity contribution >= 4 is 23.3 Å². The molecule has 0 bridgehead atoms. The minimum absolute atomic E-state index is 0.0107. The van der Waals surface area contributed by atoms with Crippen LogP contribution in [0, 0.1) is 11.8 Å². The number of thiophene rings is 1. The molecule has 0 aromatic carbocycles. The van der Waals surface area contributed by atoms with Gasteiger partial charge in [0, 0.05) is 44.5 Å². The largest absolute Gasteiger partial charge is 0.354 e. The van der Waals surface area contributed by atoms with Gasteiger partial charge in [-0.05, 0) is 56.1 Å². The number of hydrogen-bond acceptors (Lipinski definition) is 4. The van der Waals surface area contributed by atoms with E-state index in [4.69, 9.17) is 0 Å². The zero-order valence-corrected chi connectivity index (χ0v) is 18.2. The van der Waals surface area contributed by atoms with E-state index in [2.05, 4.69) is 34.7 Å². The van der Waals surface area contributed by atoms with Gasteiger partial charge in [0.25, 0.3) is 0 Å². The predicted molar refractivity (Wildman–Crippen MR) is 113 cm³/mol. The molecule has 3 rings (SSSR count). The summed E-state index contributed by atoms with van der Waals surface area (Å²) < 4.78 is 0. The molecular weight excluding hydrogens is 372 g/mol. The molecule has 28 heavy (non-hydrogen) atoms. The summed E-state index contributed by atoms with van der Waals surface area (Å²) in [4.78, 5) is 32.2. The number of nitrogens with one attached hydrogen (secondary N) is 1. The molecule has 2 aliphatic rings. The van der Waals surface area contributed by atoms with Crippen molar-refractivity contribution in [2.75, 3.05) is 46.8 Å². The smallest absolute Gasteiger partial charge is 0.319 e. The lowest BCUT2D eigenvalue weighted by Crippen LogP contribution is -2.47. The van der Waals surface area contributed by atoms with Crippen LogP contribution in [0.5, 0.6) is 0 Å². The van der Waals surface area contributed by atoms with Gasteiger partial charge < -0.3 is 15.1 Å². The van der Waals surface area contributed by atoms with Crippen molar-refractivity contribution in [1.29, 1.82) is 0 Å². The number of urea groups is 1. The average Bonchev–Trinajstić information content (AvgIpc) is 3.23. The Balaban J connectivity index is 1.52. The molecule has 3 amide bonds. The fraction of sp³-hybridized carbons (Fsp3) is 0.714. The summed E-state index contributed by atoms with van der Waals surface area (Å²) in [6.07, 6.45) is 3.95. The number of piperidine rings is 2. The molecule has 1 atom stereocenters. The van der Waals surface area contributed by atoms with Crippen LogP contribution in [0.3, 0.4) is 0 Å². The lowest BCUT2D eigenvalue weighted by Gasteiger charge is -2.37. The maximum Gasteiger partial charge on any atom is 0.319 e. The standard InChI is InChI=1S/C21H34N4O2S/c1-16-6-10-24(11-7-16)18(19-5-4-14-28-19)15-22-20(26)17-8-12-25(13-9-17)21(27)23(2)3/h4-5,14,16-18H,6-13,15H2,1-3H3,(H,22,26). The minimum atomic E-state index is 0.0107. The van der Waals surface area contributed by atoms with Crippen molar-refractivity contribution in [1.82, 2.24) is 20.0 Å². The molecule has 3 heterocycles. The Morgan fingerprint density at radius 2 is 1.86 bits per heavy atom. The van der Waals surface area contributed by atoms with Crippen LogP contribution in [0.4, 0.5) is 4.79 Å². The van der Waals surface area contributed by atoms with Crippen LogP contribution >= 0.6 is 11.3 Å². The topological polar surface area (TPSA) is 55.9 Å². The van der Waals surface area contributed by atoms with Crippen LogP contribution in [0.2, 0.25) is 0 Å². The molecule has 2 fully saturated rings. The van der Waals surface area contributed by atoms with Gasteiger partial charge in [-0.15, -0.1) is 11.3 Å². The van der Waals surface area contributed by atoms with E-state index in [1.165, 1.54) is 17.7 Å². The number of rotatable bonds is 5. The summed E-state index contributed by atoms with van der Waals surface area (Å²) in [5.74, 6) is 0.949. The van der Waals surface area contributed by atoms with Crippen molar-refractivity contribution in [2.45, 2.75) is 38.6 Å². The lowest BCUT2D eigenvalue weighted by atomic mass is 9.95.